The molecule has 0 saturated heterocycles. The van der Waals surface area contributed by atoms with E-state index >= 15 is 0 Å². The van der Waals surface area contributed by atoms with Crippen molar-refractivity contribution in [1.82, 2.24) is 0 Å². The van der Waals surface area contributed by atoms with Crippen molar-refractivity contribution >= 4 is 0 Å². The Morgan fingerprint density at radius 2 is 1.54 bits per heavy atom. The van der Waals surface area contributed by atoms with Crippen LogP contribution in [0.3, 0.4) is 0 Å². The molecule has 0 rings (SSSR count). The fourth-order valence-corrected chi connectivity index (χ4v) is 1.99. The second-order valence-corrected chi connectivity index (χ2v) is 5.84. The van der Waals surface area contributed by atoms with Crippen LogP contribution in [-0.2, 0) is 0 Å². The molecule has 0 fully saturated rings. The van der Waals surface area contributed by atoms with Crippen molar-refractivity contribution < 1.29 is 4.39 Å². The third kappa shape index (κ3) is 7.04. The minimum Gasteiger partial charge on any atom is -0.244 e. The topological polar surface area (TPSA) is 0 Å². The average Bonchev–Trinajstić information content (AvgIpc) is 1.81. The molecular weight excluding hydrogens is 163 g/mol. The minimum atomic E-state index is -0.968. The Morgan fingerprint density at radius 1 is 1.08 bits per heavy atom. The zero-order chi connectivity index (χ0) is 10.7. The van der Waals surface area contributed by atoms with E-state index < -0.39 is 5.67 Å². The summed E-state index contributed by atoms with van der Waals surface area (Å²) in [6, 6.07) is 0. The van der Waals surface area contributed by atoms with E-state index in [1.54, 1.807) is 6.92 Å². The molecule has 1 heteroatoms. The maximum absolute atomic E-state index is 13.6. The highest BCUT2D eigenvalue weighted by Gasteiger charge is 2.25. The zero-order valence-electron chi connectivity index (χ0n) is 10.1. The van der Waals surface area contributed by atoms with Crippen LogP contribution in [0.1, 0.15) is 60.8 Å². The first kappa shape index (κ1) is 12.9. The number of alkyl halides is 1. The summed E-state index contributed by atoms with van der Waals surface area (Å²) in [5.41, 5.74) is -0.645. The van der Waals surface area contributed by atoms with Gasteiger partial charge in [-0.3, -0.25) is 0 Å². The van der Waals surface area contributed by atoms with Gasteiger partial charge in [-0.05, 0) is 37.5 Å². The number of halogens is 1. The van der Waals surface area contributed by atoms with Crippen LogP contribution in [0.4, 0.5) is 4.39 Å². The molecule has 0 N–H and O–H groups in total. The fraction of sp³-hybridized carbons (Fsp3) is 1.00. The highest BCUT2D eigenvalue weighted by molar-refractivity contribution is 4.76. The molecule has 0 heterocycles. The van der Waals surface area contributed by atoms with Crippen LogP contribution in [-0.4, -0.2) is 5.67 Å². The smallest absolute Gasteiger partial charge is 0.108 e. The third-order valence-corrected chi connectivity index (χ3v) is 2.47. The minimum absolute atomic E-state index is 0.323. The van der Waals surface area contributed by atoms with Crippen LogP contribution in [0.15, 0.2) is 0 Å². The Bertz CT molecular complexity index is 142. The van der Waals surface area contributed by atoms with Crippen LogP contribution < -0.4 is 0 Å². The molecule has 0 aliphatic rings. The summed E-state index contributed by atoms with van der Waals surface area (Å²) in [4.78, 5) is 0. The Balaban J connectivity index is 3.94. The third-order valence-electron chi connectivity index (χ3n) is 2.47. The fourth-order valence-electron chi connectivity index (χ4n) is 1.99. The normalized spacial score (nSPS) is 19.6. The number of hydrogen-bond donors (Lipinski definition) is 0. The van der Waals surface area contributed by atoms with Crippen LogP contribution >= 0.6 is 0 Å². The summed E-state index contributed by atoms with van der Waals surface area (Å²) in [5.74, 6) is 0.481. The summed E-state index contributed by atoms with van der Waals surface area (Å²) in [6.07, 6.45) is 2.43. The molecule has 13 heavy (non-hydrogen) atoms. The monoisotopic (exact) mass is 188 g/mol. The van der Waals surface area contributed by atoms with E-state index in [1.165, 1.54) is 0 Å². The van der Waals surface area contributed by atoms with Gasteiger partial charge in [0.15, 0.2) is 0 Å². The van der Waals surface area contributed by atoms with Crippen molar-refractivity contribution in [2.45, 2.75) is 66.5 Å². The van der Waals surface area contributed by atoms with Crippen LogP contribution in [0.5, 0.6) is 0 Å². The molecule has 0 aliphatic carbocycles. The van der Waals surface area contributed by atoms with Crippen molar-refractivity contribution in [3.8, 4) is 0 Å². The molecule has 2 atom stereocenters. The summed E-state index contributed by atoms with van der Waals surface area (Å²) in [6.45, 7) is 12.4. The van der Waals surface area contributed by atoms with Crippen LogP contribution in [0.2, 0.25) is 0 Å². The van der Waals surface area contributed by atoms with Gasteiger partial charge in [0.1, 0.15) is 5.67 Å². The second-order valence-electron chi connectivity index (χ2n) is 5.84. The average molecular weight is 188 g/mol. The largest absolute Gasteiger partial charge is 0.244 e. The van der Waals surface area contributed by atoms with Crippen molar-refractivity contribution in [3.05, 3.63) is 0 Å². The molecule has 0 aliphatic heterocycles. The molecule has 0 radical (unpaired) electrons. The lowest BCUT2D eigenvalue weighted by Gasteiger charge is -2.28. The Kier molecular flexibility index (Phi) is 4.41. The van der Waals surface area contributed by atoms with Gasteiger partial charge in [-0.25, -0.2) is 4.39 Å². The molecule has 0 saturated carbocycles. The van der Waals surface area contributed by atoms with Crippen LogP contribution in [0.25, 0.3) is 0 Å². The quantitative estimate of drug-likeness (QED) is 0.605. The second kappa shape index (κ2) is 4.43. The lowest BCUT2D eigenvalue weighted by atomic mass is 9.81. The van der Waals surface area contributed by atoms with Gasteiger partial charge in [0.25, 0.3) is 0 Å². The predicted molar refractivity (Wildman–Crippen MR) is 57.7 cm³/mol. The van der Waals surface area contributed by atoms with Crippen molar-refractivity contribution in [1.29, 1.82) is 0 Å². The maximum Gasteiger partial charge on any atom is 0.108 e. The van der Waals surface area contributed by atoms with E-state index in [0.29, 0.717) is 24.2 Å². The van der Waals surface area contributed by atoms with Gasteiger partial charge in [0.2, 0.25) is 0 Å². The van der Waals surface area contributed by atoms with Gasteiger partial charge in [-0.15, -0.1) is 0 Å². The maximum atomic E-state index is 13.6. The van der Waals surface area contributed by atoms with E-state index in [4.69, 9.17) is 0 Å². The standard InChI is InChI=1S/C12H25F/c1-7-12(6,13)9-10(2)8-11(3,4)5/h10H,7-9H2,1-6H3. The van der Waals surface area contributed by atoms with Gasteiger partial charge in [-0.1, -0.05) is 34.6 Å². The van der Waals surface area contributed by atoms with E-state index in [1.807, 2.05) is 6.92 Å². The predicted octanol–water partition coefficient (Wildman–Crippen LogP) is 4.59. The lowest BCUT2D eigenvalue weighted by Crippen LogP contribution is -2.22. The molecule has 0 bridgehead atoms. The summed E-state index contributed by atoms with van der Waals surface area (Å²) in [7, 11) is 0. The summed E-state index contributed by atoms with van der Waals surface area (Å²) < 4.78 is 13.6. The Labute approximate surface area is 82.9 Å². The van der Waals surface area contributed by atoms with Gasteiger partial charge in [-0.2, -0.15) is 0 Å². The SMILES string of the molecule is CCC(C)(F)CC(C)CC(C)(C)C. The molecule has 80 valence electrons. The molecule has 0 aromatic heterocycles. The van der Waals surface area contributed by atoms with Crippen molar-refractivity contribution in [3.63, 3.8) is 0 Å². The first-order valence-electron chi connectivity index (χ1n) is 5.35. The molecule has 0 nitrogen and oxygen atoms in total. The molecule has 0 aromatic rings. The van der Waals surface area contributed by atoms with E-state index in [-0.39, 0.29) is 0 Å². The van der Waals surface area contributed by atoms with E-state index in [0.717, 1.165) is 6.42 Å². The molecular formula is C12H25F. The molecule has 0 amide bonds. The zero-order valence-corrected chi connectivity index (χ0v) is 10.1. The highest BCUT2D eigenvalue weighted by Crippen LogP contribution is 2.32. The first-order chi connectivity index (χ1) is 5.66. The van der Waals surface area contributed by atoms with Gasteiger partial charge in [0.05, 0.1) is 0 Å². The number of rotatable bonds is 4. The van der Waals surface area contributed by atoms with E-state index in [9.17, 15) is 4.39 Å². The van der Waals surface area contributed by atoms with Gasteiger partial charge >= 0.3 is 0 Å². The van der Waals surface area contributed by atoms with Gasteiger partial charge in [0, 0.05) is 0 Å². The van der Waals surface area contributed by atoms with Crippen LogP contribution in [0, 0.1) is 11.3 Å². The summed E-state index contributed by atoms with van der Waals surface area (Å²) >= 11 is 0. The number of hydrogen-bond acceptors (Lipinski definition) is 0. The Hall–Kier alpha value is -0.0700. The molecule has 0 spiro atoms. The lowest BCUT2D eigenvalue weighted by molar-refractivity contribution is 0.128. The van der Waals surface area contributed by atoms with E-state index in [2.05, 4.69) is 27.7 Å². The summed E-state index contributed by atoms with van der Waals surface area (Å²) in [5, 5.41) is 0. The molecule has 0 aromatic carbocycles. The first-order valence-corrected chi connectivity index (χ1v) is 5.35. The Morgan fingerprint density at radius 3 is 1.85 bits per heavy atom. The molecule has 2 unspecified atom stereocenters. The van der Waals surface area contributed by atoms with Crippen molar-refractivity contribution in [2.75, 3.05) is 0 Å². The van der Waals surface area contributed by atoms with Crippen molar-refractivity contribution in [2.24, 2.45) is 11.3 Å². The highest BCUT2D eigenvalue weighted by atomic mass is 19.1. The van der Waals surface area contributed by atoms with Gasteiger partial charge < -0.3 is 0 Å².